The van der Waals surface area contributed by atoms with Gasteiger partial charge >= 0.3 is 0 Å². The van der Waals surface area contributed by atoms with Gasteiger partial charge < -0.3 is 15.8 Å². The van der Waals surface area contributed by atoms with Crippen molar-refractivity contribution in [2.75, 3.05) is 12.8 Å². The average molecular weight is 292 g/mol. The normalized spacial score (nSPS) is 10.2. The van der Waals surface area contributed by atoms with Crippen LogP contribution in [0.2, 0.25) is 0 Å². The van der Waals surface area contributed by atoms with Crippen LogP contribution in [0.4, 0.5) is 14.5 Å². The van der Waals surface area contributed by atoms with Crippen molar-refractivity contribution in [1.82, 2.24) is 5.32 Å². The summed E-state index contributed by atoms with van der Waals surface area (Å²) in [6.45, 7) is 0.0425. The molecule has 0 aliphatic heterocycles. The zero-order valence-corrected chi connectivity index (χ0v) is 11.3. The maximum Gasteiger partial charge on any atom is 0.257 e. The summed E-state index contributed by atoms with van der Waals surface area (Å²) in [5.41, 5.74) is 6.16. The number of nitrogen functional groups attached to an aromatic ring is 1. The largest absolute Gasteiger partial charge is 0.496 e. The molecule has 2 aromatic carbocycles. The van der Waals surface area contributed by atoms with Crippen LogP contribution in [0.15, 0.2) is 36.4 Å². The fourth-order valence-corrected chi connectivity index (χ4v) is 1.92. The topological polar surface area (TPSA) is 64.3 Å². The molecule has 0 bridgehead atoms. The summed E-state index contributed by atoms with van der Waals surface area (Å²) in [5, 5.41) is 2.44. The van der Waals surface area contributed by atoms with Crippen molar-refractivity contribution in [2.24, 2.45) is 0 Å². The number of nitrogens with one attached hydrogen (secondary N) is 1. The van der Waals surface area contributed by atoms with Crippen LogP contribution in [0.3, 0.4) is 0 Å². The van der Waals surface area contributed by atoms with Crippen LogP contribution in [0.1, 0.15) is 15.9 Å². The highest BCUT2D eigenvalue weighted by atomic mass is 19.1. The molecule has 4 nitrogen and oxygen atoms in total. The molecule has 0 radical (unpaired) electrons. The first-order valence-corrected chi connectivity index (χ1v) is 6.17. The number of methoxy groups -OCH3 is 1. The predicted octanol–water partition coefficient (Wildman–Crippen LogP) is 2.49. The lowest BCUT2D eigenvalue weighted by molar-refractivity contribution is 0.0942. The van der Waals surface area contributed by atoms with Gasteiger partial charge in [0.2, 0.25) is 0 Å². The van der Waals surface area contributed by atoms with Crippen molar-refractivity contribution < 1.29 is 18.3 Å². The van der Waals surface area contributed by atoms with Crippen molar-refractivity contribution >= 4 is 11.6 Å². The molecule has 0 atom stereocenters. The molecule has 0 aliphatic rings. The third kappa shape index (κ3) is 3.28. The second kappa shape index (κ2) is 6.21. The zero-order valence-electron chi connectivity index (χ0n) is 11.3. The smallest absolute Gasteiger partial charge is 0.257 e. The Hall–Kier alpha value is -2.63. The maximum absolute atomic E-state index is 13.5. The van der Waals surface area contributed by atoms with E-state index in [-0.39, 0.29) is 6.54 Å². The lowest BCUT2D eigenvalue weighted by Gasteiger charge is -2.11. The number of carbonyl (C=O) groups excluding carboxylic acids is 1. The zero-order chi connectivity index (χ0) is 15.4. The fourth-order valence-electron chi connectivity index (χ4n) is 1.92. The van der Waals surface area contributed by atoms with Crippen LogP contribution >= 0.6 is 0 Å². The minimum absolute atomic E-state index is 0.0425. The van der Waals surface area contributed by atoms with Gasteiger partial charge in [-0.25, -0.2) is 8.78 Å². The number of rotatable bonds is 4. The molecule has 3 N–H and O–H groups in total. The van der Waals surface area contributed by atoms with Crippen LogP contribution in [0, 0.1) is 11.6 Å². The average Bonchev–Trinajstić information content (AvgIpc) is 2.45. The molecule has 0 spiro atoms. The highest BCUT2D eigenvalue weighted by molar-refractivity contribution is 5.94. The van der Waals surface area contributed by atoms with E-state index in [1.54, 1.807) is 18.2 Å². The van der Waals surface area contributed by atoms with E-state index in [0.717, 1.165) is 12.1 Å². The van der Waals surface area contributed by atoms with Crippen LogP contribution < -0.4 is 15.8 Å². The molecule has 1 amide bonds. The monoisotopic (exact) mass is 292 g/mol. The van der Waals surface area contributed by atoms with Crippen LogP contribution in [-0.2, 0) is 6.54 Å². The van der Waals surface area contributed by atoms with Gasteiger partial charge in [0.15, 0.2) is 0 Å². The molecule has 6 heteroatoms. The molecule has 0 heterocycles. The highest BCUT2D eigenvalue weighted by Gasteiger charge is 2.17. The standard InChI is InChI=1S/C15H14F2N2O2/c1-21-13-6-5-10(18)7-9(13)8-19-15(20)14-11(16)3-2-4-12(14)17/h2-7H,8,18H2,1H3,(H,19,20). The Morgan fingerprint density at radius 2 is 1.90 bits per heavy atom. The van der Waals surface area contributed by atoms with E-state index in [1.807, 2.05) is 0 Å². The molecule has 0 aromatic heterocycles. The summed E-state index contributed by atoms with van der Waals surface area (Å²) < 4.78 is 32.1. The first-order chi connectivity index (χ1) is 10.0. The van der Waals surface area contributed by atoms with Gasteiger partial charge in [-0.1, -0.05) is 6.07 Å². The summed E-state index contributed by atoms with van der Waals surface area (Å²) in [5.74, 6) is -2.13. The number of anilines is 1. The second-order valence-corrected chi connectivity index (χ2v) is 4.35. The maximum atomic E-state index is 13.5. The van der Waals surface area contributed by atoms with E-state index >= 15 is 0 Å². The Morgan fingerprint density at radius 3 is 2.52 bits per heavy atom. The summed E-state index contributed by atoms with van der Waals surface area (Å²) >= 11 is 0. The van der Waals surface area contributed by atoms with E-state index in [1.165, 1.54) is 13.2 Å². The van der Waals surface area contributed by atoms with Crippen LogP contribution in [0.5, 0.6) is 5.75 Å². The third-order valence-electron chi connectivity index (χ3n) is 2.93. The Kier molecular flexibility index (Phi) is 4.37. The van der Waals surface area contributed by atoms with Gasteiger partial charge in [-0.2, -0.15) is 0 Å². The molecular weight excluding hydrogens is 278 g/mol. The first kappa shape index (κ1) is 14.8. The summed E-state index contributed by atoms with van der Waals surface area (Å²) in [4.78, 5) is 11.9. The van der Waals surface area contributed by atoms with E-state index in [4.69, 9.17) is 10.5 Å². The van der Waals surface area contributed by atoms with Gasteiger partial charge in [0.1, 0.15) is 22.9 Å². The summed E-state index contributed by atoms with van der Waals surface area (Å²) in [6, 6.07) is 8.18. The molecular formula is C15H14F2N2O2. The SMILES string of the molecule is COc1ccc(N)cc1CNC(=O)c1c(F)cccc1F. The molecule has 0 fully saturated rings. The Balaban J connectivity index is 2.17. The Bertz CT molecular complexity index is 654. The Morgan fingerprint density at radius 1 is 1.24 bits per heavy atom. The van der Waals surface area contributed by atoms with Crippen LogP contribution in [0.25, 0.3) is 0 Å². The van der Waals surface area contributed by atoms with Crippen molar-refractivity contribution in [1.29, 1.82) is 0 Å². The third-order valence-corrected chi connectivity index (χ3v) is 2.93. The van der Waals surface area contributed by atoms with Gasteiger partial charge in [-0.3, -0.25) is 4.79 Å². The number of carbonyl (C=O) groups is 1. The molecule has 0 unspecified atom stereocenters. The number of benzene rings is 2. The van der Waals surface area contributed by atoms with E-state index in [0.29, 0.717) is 17.0 Å². The lowest BCUT2D eigenvalue weighted by Crippen LogP contribution is -2.25. The van der Waals surface area contributed by atoms with Gasteiger partial charge in [-0.15, -0.1) is 0 Å². The van der Waals surface area contributed by atoms with Crippen molar-refractivity contribution in [3.8, 4) is 5.75 Å². The van der Waals surface area contributed by atoms with E-state index < -0.39 is 23.1 Å². The molecule has 110 valence electrons. The number of hydrogen-bond acceptors (Lipinski definition) is 3. The number of halogens is 2. The van der Waals surface area contributed by atoms with Gasteiger partial charge in [0.25, 0.3) is 5.91 Å². The molecule has 0 saturated heterocycles. The highest BCUT2D eigenvalue weighted by Crippen LogP contribution is 2.21. The minimum Gasteiger partial charge on any atom is -0.496 e. The number of amides is 1. The molecule has 0 saturated carbocycles. The first-order valence-electron chi connectivity index (χ1n) is 6.17. The molecule has 21 heavy (non-hydrogen) atoms. The van der Waals surface area contributed by atoms with Crippen molar-refractivity contribution in [3.63, 3.8) is 0 Å². The van der Waals surface area contributed by atoms with Gasteiger partial charge in [0.05, 0.1) is 7.11 Å². The fraction of sp³-hybridized carbons (Fsp3) is 0.133. The van der Waals surface area contributed by atoms with E-state index in [9.17, 15) is 13.6 Å². The summed E-state index contributed by atoms with van der Waals surface area (Å²) in [7, 11) is 1.48. The second-order valence-electron chi connectivity index (χ2n) is 4.35. The van der Waals surface area contributed by atoms with Crippen LogP contribution in [-0.4, -0.2) is 13.0 Å². The predicted molar refractivity (Wildman–Crippen MR) is 74.9 cm³/mol. The minimum atomic E-state index is -0.910. The Labute approximate surface area is 120 Å². The van der Waals surface area contributed by atoms with E-state index in [2.05, 4.69) is 5.32 Å². The number of hydrogen-bond donors (Lipinski definition) is 2. The lowest BCUT2D eigenvalue weighted by atomic mass is 10.1. The molecule has 2 aromatic rings. The number of nitrogens with two attached hydrogens (primary N) is 1. The van der Waals surface area contributed by atoms with Crippen molar-refractivity contribution in [2.45, 2.75) is 6.54 Å². The van der Waals surface area contributed by atoms with Gasteiger partial charge in [-0.05, 0) is 30.3 Å². The quantitative estimate of drug-likeness (QED) is 0.851. The van der Waals surface area contributed by atoms with Crippen molar-refractivity contribution in [3.05, 3.63) is 59.2 Å². The van der Waals surface area contributed by atoms with Gasteiger partial charge in [0, 0.05) is 17.8 Å². The molecule has 2 rings (SSSR count). The summed E-state index contributed by atoms with van der Waals surface area (Å²) in [6.07, 6.45) is 0. The molecule has 0 aliphatic carbocycles. The number of ether oxygens (including phenoxy) is 1.